The molecule has 1 aromatic heterocycles. The molecule has 1 N–H and O–H groups in total. The average molecular weight is 421 g/mol. The number of carbonyl (C=O) groups excluding carboxylic acids is 2. The quantitative estimate of drug-likeness (QED) is 0.699. The Morgan fingerprint density at radius 1 is 1.29 bits per heavy atom. The van der Waals surface area contributed by atoms with Crippen molar-refractivity contribution >= 4 is 17.5 Å². The van der Waals surface area contributed by atoms with Gasteiger partial charge in [0.1, 0.15) is 11.5 Å². The number of carbonyl (C=O) groups is 2. The third-order valence-corrected chi connectivity index (χ3v) is 8.36. The number of hydrogen-bond donors (Lipinski definition) is 1. The number of rotatable bonds is 5. The van der Waals surface area contributed by atoms with E-state index in [1.54, 1.807) is 13.0 Å². The van der Waals surface area contributed by atoms with Crippen LogP contribution in [0.3, 0.4) is 0 Å². The van der Waals surface area contributed by atoms with Crippen LogP contribution in [0, 0.1) is 30.1 Å². The van der Waals surface area contributed by atoms with Crippen LogP contribution in [0.1, 0.15) is 74.7 Å². The number of hydrogen-bond acceptors (Lipinski definition) is 4. The van der Waals surface area contributed by atoms with Gasteiger partial charge in [0, 0.05) is 24.3 Å². The summed E-state index contributed by atoms with van der Waals surface area (Å²) >= 11 is 0. The van der Waals surface area contributed by atoms with Gasteiger partial charge >= 0.3 is 0 Å². The molecule has 0 saturated heterocycles. The largest absolute Gasteiger partial charge is 0.360 e. The molecule has 1 heterocycles. The van der Waals surface area contributed by atoms with Crippen LogP contribution in [-0.2, 0) is 16.0 Å². The van der Waals surface area contributed by atoms with E-state index in [0.29, 0.717) is 53.9 Å². The van der Waals surface area contributed by atoms with Crippen LogP contribution in [0.4, 0.5) is 5.82 Å². The molecule has 2 aromatic rings. The summed E-state index contributed by atoms with van der Waals surface area (Å²) < 4.78 is 5.01. The highest BCUT2D eigenvalue weighted by Gasteiger charge is 2.58. The minimum atomic E-state index is -0.168. The van der Waals surface area contributed by atoms with Crippen LogP contribution < -0.4 is 5.32 Å². The smallest absolute Gasteiger partial charge is 0.225 e. The van der Waals surface area contributed by atoms with E-state index >= 15 is 0 Å². The zero-order valence-corrected chi connectivity index (χ0v) is 18.5. The molecule has 31 heavy (non-hydrogen) atoms. The van der Waals surface area contributed by atoms with Crippen LogP contribution in [0.15, 0.2) is 34.9 Å². The zero-order chi connectivity index (χ0) is 21.6. The number of benzene rings is 1. The van der Waals surface area contributed by atoms with Crippen molar-refractivity contribution < 1.29 is 14.1 Å². The highest BCUT2D eigenvalue weighted by molar-refractivity contribution is 5.89. The number of fused-ring (bicyclic) bond motifs is 5. The van der Waals surface area contributed by atoms with Gasteiger partial charge in [-0.05, 0) is 80.2 Å². The summed E-state index contributed by atoms with van der Waals surface area (Å²) in [5.74, 6) is 3.62. The number of Topliss-reactive ketones (excluding diaryl/α,β-unsaturated/α-hetero) is 1. The Morgan fingerprint density at radius 2 is 2.13 bits per heavy atom. The van der Waals surface area contributed by atoms with E-state index in [-0.39, 0.29) is 11.3 Å². The average Bonchev–Trinajstić information content (AvgIpc) is 3.27. The van der Waals surface area contributed by atoms with Crippen molar-refractivity contribution in [2.45, 2.75) is 71.1 Å². The van der Waals surface area contributed by atoms with Gasteiger partial charge in [-0.25, -0.2) is 0 Å². The first-order valence-corrected chi connectivity index (χ1v) is 11.8. The van der Waals surface area contributed by atoms with Gasteiger partial charge in [0.2, 0.25) is 5.91 Å². The van der Waals surface area contributed by atoms with E-state index in [9.17, 15) is 9.59 Å². The molecule has 0 aliphatic heterocycles. The Bertz CT molecular complexity index is 996. The summed E-state index contributed by atoms with van der Waals surface area (Å²) in [7, 11) is 0. The molecule has 3 unspecified atom stereocenters. The maximum absolute atomic E-state index is 13.1. The molecule has 2 fully saturated rings. The van der Waals surface area contributed by atoms with Gasteiger partial charge < -0.3 is 9.84 Å². The van der Waals surface area contributed by atoms with E-state index in [4.69, 9.17) is 4.52 Å². The van der Waals surface area contributed by atoms with Gasteiger partial charge in [0.15, 0.2) is 5.82 Å². The van der Waals surface area contributed by atoms with Crippen molar-refractivity contribution in [3.63, 3.8) is 0 Å². The number of amides is 1. The molecule has 3 aliphatic rings. The van der Waals surface area contributed by atoms with Gasteiger partial charge in [-0.15, -0.1) is 0 Å². The van der Waals surface area contributed by atoms with Gasteiger partial charge in [-0.2, -0.15) is 0 Å². The number of nitrogens with zero attached hydrogens (tertiary/aromatic N) is 1. The van der Waals surface area contributed by atoms with E-state index in [0.717, 1.165) is 32.1 Å². The summed E-state index contributed by atoms with van der Waals surface area (Å²) in [6.07, 6.45) is 7.36. The first kappa shape index (κ1) is 20.5. The monoisotopic (exact) mass is 420 g/mol. The lowest BCUT2D eigenvalue weighted by Gasteiger charge is -2.50. The fourth-order valence-corrected chi connectivity index (χ4v) is 7.00. The first-order valence-electron chi connectivity index (χ1n) is 11.8. The van der Waals surface area contributed by atoms with Crippen LogP contribution in [0.2, 0.25) is 0 Å². The SMILES string of the molecule is Cc1cc(NC(=O)CCC[C@@H]2CC(=O)[C@@]3(C)CCC4c5ccccc5CCC4C23)no1. The summed E-state index contributed by atoms with van der Waals surface area (Å²) in [4.78, 5) is 25.4. The summed E-state index contributed by atoms with van der Waals surface area (Å²) in [6, 6.07) is 10.6. The van der Waals surface area contributed by atoms with Crippen molar-refractivity contribution in [3.8, 4) is 0 Å². The maximum Gasteiger partial charge on any atom is 0.225 e. The van der Waals surface area contributed by atoms with Gasteiger partial charge in [0.25, 0.3) is 0 Å². The lowest BCUT2D eigenvalue weighted by molar-refractivity contribution is -0.129. The van der Waals surface area contributed by atoms with E-state index < -0.39 is 0 Å². The molecule has 5 atom stereocenters. The van der Waals surface area contributed by atoms with Crippen LogP contribution in [-0.4, -0.2) is 16.8 Å². The third kappa shape index (κ3) is 3.62. The number of nitrogens with one attached hydrogen (secondary N) is 1. The Hall–Kier alpha value is -2.43. The number of anilines is 1. The molecule has 5 rings (SSSR count). The Balaban J connectivity index is 1.27. The van der Waals surface area contributed by atoms with Crippen molar-refractivity contribution in [1.29, 1.82) is 0 Å². The van der Waals surface area contributed by atoms with Crippen LogP contribution in [0.25, 0.3) is 0 Å². The Labute approximate surface area is 184 Å². The molecule has 1 aromatic carbocycles. The number of aryl methyl sites for hydroxylation is 2. The fourth-order valence-electron chi connectivity index (χ4n) is 7.00. The van der Waals surface area contributed by atoms with E-state index in [1.165, 1.54) is 17.5 Å². The molecular weight excluding hydrogens is 388 g/mol. The van der Waals surface area contributed by atoms with Crippen molar-refractivity contribution in [2.75, 3.05) is 5.32 Å². The number of ketones is 1. The lowest BCUT2D eigenvalue weighted by atomic mass is 9.54. The van der Waals surface area contributed by atoms with E-state index in [2.05, 4.69) is 41.7 Å². The third-order valence-electron chi connectivity index (χ3n) is 8.36. The molecule has 5 heteroatoms. The molecule has 0 bridgehead atoms. The number of aromatic nitrogens is 1. The van der Waals surface area contributed by atoms with Crippen LogP contribution in [0.5, 0.6) is 0 Å². The summed E-state index contributed by atoms with van der Waals surface area (Å²) in [5, 5.41) is 6.63. The molecule has 3 aliphatic carbocycles. The highest BCUT2D eigenvalue weighted by atomic mass is 16.5. The normalized spacial score (nSPS) is 31.6. The van der Waals surface area contributed by atoms with Crippen molar-refractivity contribution in [1.82, 2.24) is 5.16 Å². The van der Waals surface area contributed by atoms with Gasteiger partial charge in [0.05, 0.1) is 0 Å². The second-order valence-electron chi connectivity index (χ2n) is 10.1. The summed E-state index contributed by atoms with van der Waals surface area (Å²) in [5.41, 5.74) is 2.87. The minimum absolute atomic E-state index is 0.0338. The Kier molecular flexibility index (Phi) is 5.23. The molecule has 0 spiro atoms. The fraction of sp³-hybridized carbons (Fsp3) is 0.577. The molecule has 0 radical (unpaired) electrons. The lowest BCUT2D eigenvalue weighted by Crippen LogP contribution is -2.44. The molecule has 1 amide bonds. The maximum atomic E-state index is 13.1. The molecular formula is C26H32N2O3. The predicted molar refractivity (Wildman–Crippen MR) is 119 cm³/mol. The molecule has 5 nitrogen and oxygen atoms in total. The zero-order valence-electron chi connectivity index (χ0n) is 18.5. The predicted octanol–water partition coefficient (Wildman–Crippen LogP) is 5.44. The van der Waals surface area contributed by atoms with E-state index in [1.807, 2.05) is 0 Å². The first-order chi connectivity index (χ1) is 15.0. The molecule has 164 valence electrons. The molecule has 2 saturated carbocycles. The van der Waals surface area contributed by atoms with Crippen LogP contribution >= 0.6 is 0 Å². The second-order valence-corrected chi connectivity index (χ2v) is 10.1. The standard InChI is InChI=1S/C26H32N2O3/c1-16-14-23(28-31-16)27-24(30)9-5-7-18-15-22(29)26(2)13-12-20-19-8-4-3-6-17(19)10-11-21(20)25(18)26/h3-4,6,8,14,18,20-21,25H,5,7,9-13,15H2,1-2H3,(H,27,28,30)/t18-,20?,21?,25?,26-/m1/s1. The topological polar surface area (TPSA) is 72.2 Å². The Morgan fingerprint density at radius 3 is 2.94 bits per heavy atom. The van der Waals surface area contributed by atoms with Crippen molar-refractivity contribution in [3.05, 3.63) is 47.2 Å². The highest BCUT2D eigenvalue weighted by Crippen LogP contribution is 2.62. The minimum Gasteiger partial charge on any atom is -0.360 e. The second kappa shape index (κ2) is 7.92. The van der Waals surface area contributed by atoms with Gasteiger partial charge in [-0.3, -0.25) is 9.59 Å². The van der Waals surface area contributed by atoms with Gasteiger partial charge in [-0.1, -0.05) is 36.3 Å². The summed E-state index contributed by atoms with van der Waals surface area (Å²) in [6.45, 7) is 4.04. The van der Waals surface area contributed by atoms with Crippen molar-refractivity contribution in [2.24, 2.45) is 23.2 Å².